The van der Waals surface area contributed by atoms with Crippen molar-refractivity contribution in [3.8, 4) is 0 Å². The molecular formula is C30H41N7O5S. The number of benzene rings is 1. The summed E-state index contributed by atoms with van der Waals surface area (Å²) in [7, 11) is -3.57. The van der Waals surface area contributed by atoms with Crippen LogP contribution in [0.3, 0.4) is 0 Å². The molecule has 13 heteroatoms. The second kappa shape index (κ2) is 11.7. The van der Waals surface area contributed by atoms with Gasteiger partial charge in [-0.15, -0.1) is 5.10 Å². The molecule has 2 atom stereocenters. The summed E-state index contributed by atoms with van der Waals surface area (Å²) in [4.78, 5) is 35.0. The standard InChI is InChI=1S/C30H41N7O5S/c1-19-10-11-23(34-43(6,40)41)22(15-19)28(38)36-13-8-7-9-25(36)24-18-37-26(32-24)16-20(2)27(33-37)35-14-12-21(17-35)31-29(39)42-30(3,4)5/h10-11,15-16,18,21,25,34H,7-9,12-14,17H2,1-6H3,(H,31,39)/t21-,25-/m0/s1. The number of hydrogen-bond donors (Lipinski definition) is 2. The molecule has 2 amide bonds. The number of sulfonamides is 1. The molecule has 3 aromatic rings. The van der Waals surface area contributed by atoms with E-state index in [1.807, 2.05) is 46.9 Å². The predicted molar refractivity (Wildman–Crippen MR) is 165 cm³/mol. The fourth-order valence-electron chi connectivity index (χ4n) is 5.80. The van der Waals surface area contributed by atoms with Crippen molar-refractivity contribution in [1.29, 1.82) is 0 Å². The van der Waals surface area contributed by atoms with Crippen LogP contribution in [0.1, 0.15) is 79.7 Å². The summed E-state index contributed by atoms with van der Waals surface area (Å²) < 4.78 is 33.7. The third-order valence-electron chi connectivity index (χ3n) is 7.65. The molecule has 5 rings (SSSR count). The van der Waals surface area contributed by atoms with Gasteiger partial charge in [-0.2, -0.15) is 0 Å². The number of piperidine rings is 1. The Kier molecular flexibility index (Phi) is 8.30. The van der Waals surface area contributed by atoms with Gasteiger partial charge in [0.25, 0.3) is 5.91 Å². The Labute approximate surface area is 252 Å². The number of alkyl carbamates (subject to hydrolysis) is 1. The Balaban J connectivity index is 1.38. The summed E-state index contributed by atoms with van der Waals surface area (Å²) in [5.74, 6) is 0.583. The molecule has 0 spiro atoms. The van der Waals surface area contributed by atoms with Gasteiger partial charge in [0, 0.05) is 19.6 Å². The first-order valence-electron chi connectivity index (χ1n) is 14.7. The Morgan fingerprint density at radius 1 is 1.07 bits per heavy atom. The van der Waals surface area contributed by atoms with E-state index in [-0.39, 0.29) is 23.7 Å². The van der Waals surface area contributed by atoms with Gasteiger partial charge in [-0.3, -0.25) is 9.52 Å². The van der Waals surface area contributed by atoms with E-state index in [1.54, 1.807) is 27.6 Å². The van der Waals surface area contributed by atoms with E-state index in [0.717, 1.165) is 61.1 Å². The van der Waals surface area contributed by atoms with E-state index >= 15 is 0 Å². The maximum Gasteiger partial charge on any atom is 0.407 e. The third kappa shape index (κ3) is 7.20. The second-order valence-electron chi connectivity index (χ2n) is 12.6. The molecule has 2 aromatic heterocycles. The van der Waals surface area contributed by atoms with Gasteiger partial charge in [0.2, 0.25) is 10.0 Å². The predicted octanol–water partition coefficient (Wildman–Crippen LogP) is 4.19. The van der Waals surface area contributed by atoms with Gasteiger partial charge < -0.3 is 19.9 Å². The van der Waals surface area contributed by atoms with Crippen LogP contribution in [0.25, 0.3) is 5.65 Å². The first-order chi connectivity index (χ1) is 20.2. The Morgan fingerprint density at radius 3 is 2.56 bits per heavy atom. The highest BCUT2D eigenvalue weighted by atomic mass is 32.2. The number of likely N-dealkylation sites (tertiary alicyclic amines) is 1. The number of nitrogens with zero attached hydrogens (tertiary/aromatic N) is 5. The van der Waals surface area contributed by atoms with Crippen molar-refractivity contribution in [2.24, 2.45) is 0 Å². The molecular weight excluding hydrogens is 570 g/mol. The van der Waals surface area contributed by atoms with Crippen LogP contribution in [-0.4, -0.2) is 77.4 Å². The van der Waals surface area contributed by atoms with Crippen LogP contribution in [0.15, 0.2) is 30.5 Å². The molecule has 232 valence electrons. The number of amides is 2. The number of carbonyl (C=O) groups excluding carboxylic acids is 2. The molecule has 1 aromatic carbocycles. The highest BCUT2D eigenvalue weighted by Gasteiger charge is 2.33. The number of aryl methyl sites for hydroxylation is 2. The van der Waals surface area contributed by atoms with Gasteiger partial charge in [-0.1, -0.05) is 11.6 Å². The number of imidazole rings is 1. The molecule has 43 heavy (non-hydrogen) atoms. The average molecular weight is 612 g/mol. The fourth-order valence-corrected chi connectivity index (χ4v) is 6.38. The van der Waals surface area contributed by atoms with Gasteiger partial charge in [0.15, 0.2) is 11.5 Å². The van der Waals surface area contributed by atoms with Gasteiger partial charge in [0.1, 0.15) is 5.60 Å². The first-order valence-corrected chi connectivity index (χ1v) is 16.6. The molecule has 0 unspecified atom stereocenters. The quantitative estimate of drug-likeness (QED) is 0.423. The molecule has 2 N–H and O–H groups in total. The summed E-state index contributed by atoms with van der Waals surface area (Å²) in [6, 6.07) is 6.81. The van der Waals surface area contributed by atoms with Crippen LogP contribution in [0, 0.1) is 13.8 Å². The van der Waals surface area contributed by atoms with Crippen LogP contribution in [0.4, 0.5) is 16.3 Å². The minimum Gasteiger partial charge on any atom is -0.444 e. The Morgan fingerprint density at radius 2 is 1.84 bits per heavy atom. The SMILES string of the molecule is Cc1ccc(NS(C)(=O)=O)c(C(=O)N2CCCC[C@H]2c2cn3nc(N4CC[C@H](NC(=O)OC(C)(C)C)C4)c(C)cc3n2)c1. The molecule has 2 aliphatic rings. The highest BCUT2D eigenvalue weighted by molar-refractivity contribution is 7.92. The van der Waals surface area contributed by atoms with E-state index in [2.05, 4.69) is 14.9 Å². The number of nitrogens with one attached hydrogen (secondary N) is 2. The van der Waals surface area contributed by atoms with E-state index in [0.29, 0.717) is 24.3 Å². The monoisotopic (exact) mass is 611 g/mol. The van der Waals surface area contributed by atoms with Crippen LogP contribution in [-0.2, 0) is 14.8 Å². The van der Waals surface area contributed by atoms with Gasteiger partial charge in [0.05, 0.1) is 41.5 Å². The lowest BCUT2D eigenvalue weighted by Gasteiger charge is -2.35. The lowest BCUT2D eigenvalue weighted by molar-refractivity contribution is 0.0508. The van der Waals surface area contributed by atoms with Crippen molar-refractivity contribution in [2.75, 3.05) is 35.5 Å². The molecule has 2 saturated heterocycles. The van der Waals surface area contributed by atoms with Gasteiger partial charge in [-0.05, 0) is 84.1 Å². The lowest BCUT2D eigenvalue weighted by atomic mass is 9.98. The van der Waals surface area contributed by atoms with Crippen LogP contribution >= 0.6 is 0 Å². The van der Waals surface area contributed by atoms with E-state index in [4.69, 9.17) is 14.8 Å². The van der Waals surface area contributed by atoms with Crippen molar-refractivity contribution in [3.05, 3.63) is 52.8 Å². The van der Waals surface area contributed by atoms with Crippen molar-refractivity contribution in [1.82, 2.24) is 24.8 Å². The van der Waals surface area contributed by atoms with E-state index in [9.17, 15) is 18.0 Å². The van der Waals surface area contributed by atoms with Crippen molar-refractivity contribution >= 4 is 39.2 Å². The minimum absolute atomic E-state index is 0.0457. The summed E-state index contributed by atoms with van der Waals surface area (Å²) in [5.41, 5.74) is 3.29. The topological polar surface area (TPSA) is 138 Å². The Bertz CT molecular complexity index is 1650. The summed E-state index contributed by atoms with van der Waals surface area (Å²) >= 11 is 0. The number of rotatable bonds is 6. The number of hydrogen-bond acceptors (Lipinski definition) is 8. The van der Waals surface area contributed by atoms with Gasteiger partial charge >= 0.3 is 6.09 Å². The minimum atomic E-state index is -3.57. The lowest BCUT2D eigenvalue weighted by Crippen LogP contribution is -2.40. The zero-order valence-corrected chi connectivity index (χ0v) is 26.5. The van der Waals surface area contributed by atoms with Gasteiger partial charge in [-0.25, -0.2) is 22.7 Å². The number of ether oxygens (including phenoxy) is 1. The number of aromatic nitrogens is 3. The van der Waals surface area contributed by atoms with Crippen molar-refractivity contribution in [2.45, 2.75) is 78.0 Å². The second-order valence-corrected chi connectivity index (χ2v) is 14.4. The van der Waals surface area contributed by atoms with Crippen molar-refractivity contribution in [3.63, 3.8) is 0 Å². The number of fused-ring (bicyclic) bond motifs is 1. The highest BCUT2D eigenvalue weighted by Crippen LogP contribution is 2.34. The third-order valence-corrected chi connectivity index (χ3v) is 8.24. The first kappa shape index (κ1) is 30.6. The molecule has 0 aliphatic carbocycles. The zero-order chi connectivity index (χ0) is 31.1. The van der Waals surface area contributed by atoms with Crippen LogP contribution < -0.4 is 14.9 Å². The van der Waals surface area contributed by atoms with E-state index < -0.39 is 21.7 Å². The number of carbonyl (C=O) groups is 2. The molecule has 12 nitrogen and oxygen atoms in total. The summed E-state index contributed by atoms with van der Waals surface area (Å²) in [5, 5.41) is 7.86. The van der Waals surface area contributed by atoms with Crippen LogP contribution in [0.5, 0.6) is 0 Å². The maximum absolute atomic E-state index is 13.9. The molecule has 0 bridgehead atoms. The molecule has 4 heterocycles. The molecule has 0 saturated carbocycles. The molecule has 0 radical (unpaired) electrons. The number of anilines is 2. The average Bonchev–Trinajstić information content (AvgIpc) is 3.53. The summed E-state index contributed by atoms with van der Waals surface area (Å²) in [6.45, 7) is 11.3. The fraction of sp³-hybridized carbons (Fsp3) is 0.533. The molecule has 2 aliphatic heterocycles. The zero-order valence-electron chi connectivity index (χ0n) is 25.7. The largest absolute Gasteiger partial charge is 0.444 e. The molecule has 2 fully saturated rings. The summed E-state index contributed by atoms with van der Waals surface area (Å²) in [6.07, 6.45) is 5.86. The van der Waals surface area contributed by atoms with Crippen molar-refractivity contribution < 1.29 is 22.7 Å². The maximum atomic E-state index is 13.9. The van der Waals surface area contributed by atoms with Crippen LogP contribution in [0.2, 0.25) is 0 Å². The van der Waals surface area contributed by atoms with E-state index in [1.165, 1.54) is 0 Å². The normalized spacial score (nSPS) is 19.5. The Hall–Kier alpha value is -3.87. The smallest absolute Gasteiger partial charge is 0.407 e.